The van der Waals surface area contributed by atoms with Crippen LogP contribution in [0.4, 0.5) is 10.5 Å². The predicted octanol–water partition coefficient (Wildman–Crippen LogP) is 6.14. The molecule has 0 bridgehead atoms. The minimum Gasteiger partial charge on any atom is -0.489 e. The molecule has 0 N–H and O–H groups in total. The van der Waals surface area contributed by atoms with Gasteiger partial charge in [-0.15, -0.1) is 0 Å². The van der Waals surface area contributed by atoms with E-state index in [1.807, 2.05) is 24.3 Å². The van der Waals surface area contributed by atoms with Crippen LogP contribution in [0.3, 0.4) is 0 Å². The molecule has 1 aromatic rings. The lowest BCUT2D eigenvalue weighted by Crippen LogP contribution is -2.62. The first-order chi connectivity index (χ1) is 13.2. The number of amides is 1. The SMILES string of the molecule is CC(C)(C)[Si](OC[C@@H]1OC(=O)N2c3ccccc3OC[C@@H]12)(C(C)(C)C)C(C)(C)C. The molecule has 2 heterocycles. The molecular formula is C23H37NO4Si. The van der Waals surface area contributed by atoms with Crippen LogP contribution in [0.1, 0.15) is 62.3 Å². The lowest BCUT2D eigenvalue weighted by Gasteiger charge is -2.58. The Morgan fingerprint density at radius 3 is 2.10 bits per heavy atom. The molecule has 0 radical (unpaired) electrons. The molecule has 0 spiro atoms. The van der Waals surface area contributed by atoms with Gasteiger partial charge >= 0.3 is 6.09 Å². The van der Waals surface area contributed by atoms with Crippen molar-refractivity contribution in [3.63, 3.8) is 0 Å². The number of anilines is 1. The zero-order valence-electron chi connectivity index (χ0n) is 19.5. The van der Waals surface area contributed by atoms with E-state index in [0.717, 1.165) is 11.4 Å². The average molecular weight is 420 g/mol. The Bertz CT molecular complexity index is 736. The van der Waals surface area contributed by atoms with Gasteiger partial charge in [0.2, 0.25) is 8.32 Å². The van der Waals surface area contributed by atoms with Crippen molar-refractivity contribution in [2.24, 2.45) is 0 Å². The predicted molar refractivity (Wildman–Crippen MR) is 119 cm³/mol. The molecule has 2 aliphatic heterocycles. The maximum Gasteiger partial charge on any atom is 0.415 e. The first-order valence-electron chi connectivity index (χ1n) is 10.6. The van der Waals surface area contributed by atoms with Crippen molar-refractivity contribution < 1.29 is 18.7 Å². The third-order valence-electron chi connectivity index (χ3n) is 6.38. The van der Waals surface area contributed by atoms with Crippen molar-refractivity contribution >= 4 is 20.1 Å². The van der Waals surface area contributed by atoms with Gasteiger partial charge in [0, 0.05) is 0 Å². The standard InChI is InChI=1S/C23H37NO4Si/c1-21(2,3)29(22(4,5)6,23(7,8)9)27-15-19-17-14-26-18-13-11-10-12-16(18)24(17)20(25)28-19/h10-13,17,19H,14-15H2,1-9H3/t17-,19-/m0/s1. The van der Waals surface area contributed by atoms with Crippen molar-refractivity contribution in [2.75, 3.05) is 18.1 Å². The fourth-order valence-electron chi connectivity index (χ4n) is 6.36. The van der Waals surface area contributed by atoms with Crippen LogP contribution in [0, 0.1) is 0 Å². The van der Waals surface area contributed by atoms with Crippen molar-refractivity contribution in [3.05, 3.63) is 24.3 Å². The van der Waals surface area contributed by atoms with Crippen LogP contribution in [0.2, 0.25) is 15.1 Å². The monoisotopic (exact) mass is 419 g/mol. The molecule has 3 rings (SSSR count). The van der Waals surface area contributed by atoms with Gasteiger partial charge in [-0.1, -0.05) is 74.4 Å². The number of carbonyl (C=O) groups is 1. The van der Waals surface area contributed by atoms with Crippen molar-refractivity contribution in [2.45, 2.75) is 89.6 Å². The highest BCUT2D eigenvalue weighted by atomic mass is 28.4. The van der Waals surface area contributed by atoms with E-state index in [0.29, 0.717) is 13.2 Å². The van der Waals surface area contributed by atoms with E-state index in [1.54, 1.807) is 4.90 Å². The van der Waals surface area contributed by atoms with E-state index in [2.05, 4.69) is 62.3 Å². The molecule has 5 nitrogen and oxygen atoms in total. The molecule has 0 aliphatic carbocycles. The molecule has 1 saturated heterocycles. The maximum absolute atomic E-state index is 12.7. The van der Waals surface area contributed by atoms with Gasteiger partial charge in [0.25, 0.3) is 0 Å². The summed E-state index contributed by atoms with van der Waals surface area (Å²) in [6.45, 7) is 21.5. The number of cyclic esters (lactones) is 1. The van der Waals surface area contributed by atoms with Crippen LogP contribution in [0.5, 0.6) is 5.75 Å². The number of ether oxygens (including phenoxy) is 2. The topological polar surface area (TPSA) is 48.0 Å². The Balaban J connectivity index is 1.89. The van der Waals surface area contributed by atoms with Gasteiger partial charge in [-0.05, 0) is 27.2 Å². The highest BCUT2D eigenvalue weighted by Gasteiger charge is 2.62. The molecule has 1 fully saturated rings. The Kier molecular flexibility index (Phi) is 5.36. The summed E-state index contributed by atoms with van der Waals surface area (Å²) in [5.74, 6) is 0.727. The van der Waals surface area contributed by atoms with Gasteiger partial charge in [0.1, 0.15) is 24.5 Å². The number of fused-ring (bicyclic) bond motifs is 3. The summed E-state index contributed by atoms with van der Waals surface area (Å²) < 4.78 is 18.7. The Hall–Kier alpha value is -1.53. The first-order valence-corrected chi connectivity index (χ1v) is 12.5. The Morgan fingerprint density at radius 2 is 1.55 bits per heavy atom. The summed E-state index contributed by atoms with van der Waals surface area (Å²) in [7, 11) is -2.37. The van der Waals surface area contributed by atoms with Crippen molar-refractivity contribution in [1.29, 1.82) is 0 Å². The number of benzene rings is 1. The van der Waals surface area contributed by atoms with Gasteiger partial charge in [0.05, 0.1) is 12.3 Å². The summed E-state index contributed by atoms with van der Waals surface area (Å²) in [5.41, 5.74) is 0.780. The first kappa shape index (κ1) is 22.2. The summed E-state index contributed by atoms with van der Waals surface area (Å²) in [6, 6.07) is 7.46. The quantitative estimate of drug-likeness (QED) is 0.553. The van der Waals surface area contributed by atoms with Crippen LogP contribution in [0.25, 0.3) is 0 Å². The summed E-state index contributed by atoms with van der Waals surface area (Å²) in [6.07, 6.45) is -0.649. The summed E-state index contributed by atoms with van der Waals surface area (Å²) >= 11 is 0. The second kappa shape index (κ2) is 7.01. The molecule has 0 saturated carbocycles. The molecule has 1 amide bonds. The summed E-state index contributed by atoms with van der Waals surface area (Å²) in [4.78, 5) is 14.4. The molecule has 0 unspecified atom stereocenters. The molecule has 2 atom stereocenters. The van der Waals surface area contributed by atoms with E-state index in [4.69, 9.17) is 13.9 Å². The second-order valence-corrected chi connectivity index (χ2v) is 17.5. The van der Waals surface area contributed by atoms with Crippen molar-refractivity contribution in [3.8, 4) is 5.75 Å². The van der Waals surface area contributed by atoms with Gasteiger partial charge in [-0.25, -0.2) is 4.79 Å². The van der Waals surface area contributed by atoms with Crippen LogP contribution in [-0.4, -0.2) is 39.8 Å². The van der Waals surface area contributed by atoms with Crippen LogP contribution < -0.4 is 9.64 Å². The lowest BCUT2D eigenvalue weighted by atomic mass is 10.1. The van der Waals surface area contributed by atoms with E-state index >= 15 is 0 Å². The third-order valence-corrected chi connectivity index (χ3v) is 13.3. The fourth-order valence-corrected chi connectivity index (χ4v) is 14.8. The smallest absolute Gasteiger partial charge is 0.415 e. The van der Waals surface area contributed by atoms with Crippen LogP contribution >= 0.6 is 0 Å². The zero-order chi connectivity index (χ0) is 21.8. The molecule has 1 aromatic carbocycles. The van der Waals surface area contributed by atoms with Crippen LogP contribution in [0.15, 0.2) is 24.3 Å². The molecule has 6 heteroatoms. The van der Waals surface area contributed by atoms with E-state index < -0.39 is 8.32 Å². The number of nitrogens with zero attached hydrogens (tertiary/aromatic N) is 1. The lowest BCUT2D eigenvalue weighted by molar-refractivity contribution is 0.0699. The molecule has 29 heavy (non-hydrogen) atoms. The number of hydrogen-bond acceptors (Lipinski definition) is 4. The largest absolute Gasteiger partial charge is 0.489 e. The second-order valence-electron chi connectivity index (χ2n) is 11.4. The van der Waals surface area contributed by atoms with Crippen molar-refractivity contribution in [1.82, 2.24) is 0 Å². The highest BCUT2D eigenvalue weighted by molar-refractivity contribution is 6.82. The maximum atomic E-state index is 12.7. The number of carbonyl (C=O) groups excluding carboxylic acids is 1. The van der Waals surface area contributed by atoms with Crippen LogP contribution in [-0.2, 0) is 9.16 Å². The molecule has 0 aromatic heterocycles. The van der Waals surface area contributed by atoms with E-state index in [-0.39, 0.29) is 33.4 Å². The van der Waals surface area contributed by atoms with E-state index in [1.165, 1.54) is 0 Å². The third kappa shape index (κ3) is 3.48. The minimum absolute atomic E-state index is 0.0153. The van der Waals surface area contributed by atoms with E-state index in [9.17, 15) is 4.79 Å². The number of hydrogen-bond donors (Lipinski definition) is 0. The average Bonchev–Trinajstić information content (AvgIpc) is 2.88. The van der Waals surface area contributed by atoms with Gasteiger partial charge in [-0.3, -0.25) is 4.90 Å². The molecular weight excluding hydrogens is 382 g/mol. The molecule has 162 valence electrons. The van der Waals surface area contributed by atoms with Gasteiger partial charge in [0.15, 0.2) is 0 Å². The normalized spacial score (nSPS) is 22.7. The number of rotatable bonds is 3. The van der Waals surface area contributed by atoms with Gasteiger partial charge < -0.3 is 13.9 Å². The Morgan fingerprint density at radius 1 is 1.00 bits per heavy atom. The summed E-state index contributed by atoms with van der Waals surface area (Å²) in [5, 5.41) is 0.0460. The fraction of sp³-hybridized carbons (Fsp3) is 0.696. The molecule has 2 aliphatic rings. The Labute approximate surface area is 176 Å². The number of para-hydroxylation sites is 2. The minimum atomic E-state index is -2.37. The highest BCUT2D eigenvalue weighted by Crippen LogP contribution is 2.62. The zero-order valence-corrected chi connectivity index (χ0v) is 20.5. The van der Waals surface area contributed by atoms with Gasteiger partial charge in [-0.2, -0.15) is 0 Å².